The zero-order valence-corrected chi connectivity index (χ0v) is 57.7. The van der Waals surface area contributed by atoms with Crippen molar-refractivity contribution in [2.75, 3.05) is 47.6 Å². The quantitative estimate of drug-likeness (QED) is 0.0163. The molecule has 6 heterocycles. The summed E-state index contributed by atoms with van der Waals surface area (Å²) < 4.78 is 59.1. The summed E-state index contributed by atoms with van der Waals surface area (Å²) in [6.45, 7) is 20.6. The Morgan fingerprint density at radius 3 is 0.954 bits per heavy atom. The van der Waals surface area contributed by atoms with Crippen LogP contribution in [0.1, 0.15) is 141 Å². The molecule has 25 nitrogen and oxygen atoms in total. The van der Waals surface area contributed by atoms with Gasteiger partial charge in [0.25, 0.3) is 17.6 Å². The van der Waals surface area contributed by atoms with Gasteiger partial charge in [0.2, 0.25) is 0 Å². The molecule has 0 aliphatic heterocycles. The first-order chi connectivity index (χ1) is 40.1. The van der Waals surface area contributed by atoms with Crippen molar-refractivity contribution in [3.05, 3.63) is 51.0 Å². The van der Waals surface area contributed by atoms with Crippen LogP contribution in [0.2, 0.25) is 0 Å². The smallest absolute Gasteiger partial charge is 1.00 e. The van der Waals surface area contributed by atoms with Gasteiger partial charge in [-0.05, 0) is 106 Å². The van der Waals surface area contributed by atoms with Crippen LogP contribution in [0.4, 0.5) is 0 Å². The number of carbonyl (C=O) groups excluding carboxylic acids is 7. The fourth-order valence-electron chi connectivity index (χ4n) is 6.24. The molecule has 0 saturated heterocycles. The number of fused-ring (bicyclic) bond motifs is 3. The summed E-state index contributed by atoms with van der Waals surface area (Å²) in [4.78, 5) is 114. The van der Waals surface area contributed by atoms with Gasteiger partial charge in [0.1, 0.15) is 46.5 Å². The molecule has 6 aromatic rings. The average molecular weight is 1400 g/mol. The first kappa shape index (κ1) is 78.3. The van der Waals surface area contributed by atoms with Gasteiger partial charge in [0.15, 0.2) is 28.8 Å². The molecule has 0 atom stereocenters. The third kappa shape index (κ3) is 30.2. The Morgan fingerprint density at radius 1 is 0.471 bits per heavy atom. The number of ether oxygens (including phenoxy) is 10. The van der Waals surface area contributed by atoms with Crippen molar-refractivity contribution < 1.29 is 109 Å². The van der Waals surface area contributed by atoms with Crippen molar-refractivity contribution in [2.45, 2.75) is 131 Å². The summed E-state index contributed by atoms with van der Waals surface area (Å²) in [6.07, 6.45) is -1.84. The minimum Gasteiger partial charge on any atom is -1.00 e. The third-order valence-corrected chi connectivity index (χ3v) is 12.5. The van der Waals surface area contributed by atoms with E-state index in [-0.39, 0.29) is 53.8 Å². The number of carbonyl (C=O) groups is 9. The van der Waals surface area contributed by atoms with Crippen molar-refractivity contribution in [2.24, 2.45) is 0 Å². The van der Waals surface area contributed by atoms with E-state index in [1.165, 1.54) is 71.4 Å². The third-order valence-electron chi connectivity index (χ3n) is 9.18. The van der Waals surface area contributed by atoms with Crippen LogP contribution >= 0.6 is 56.6 Å². The van der Waals surface area contributed by atoms with Crippen LogP contribution in [0, 0.1) is 0 Å². The van der Waals surface area contributed by atoms with Gasteiger partial charge >= 0.3 is 58.9 Å². The second-order valence-corrected chi connectivity index (χ2v) is 24.3. The number of carboxylic acid groups (broad SMARTS) is 3. The number of hydrogen-bond acceptors (Lipinski definition) is 26. The SMILES string of the molecule is CC(C)(C)OC(=O)CC(=O)O.CC(C)(C)OC(=O)CC(=O)[O-].COc1cc2sc(C(=O)CC(=O)OC(C)(C)C)cc2nc1OC.COc1cc2sc(C(=O)CC(=O)OC(C)(C)C)cc2nc1OC.COc1cc2sc(C(=O)O)cc2nc1OC.[2H]CI.[H-].[Mg+2]. The topological polar surface area (TPSA) is 348 Å². The van der Waals surface area contributed by atoms with Gasteiger partial charge in [-0.2, -0.15) is 0 Å². The minimum absolute atomic E-state index is 0. The number of thiophene rings is 3. The number of aromatic carboxylic acids is 1. The standard InChI is InChI=1S/2C16H19NO5S.C10H9NO4S.2C7H12O4.CH3I.Mg.H/c2*1-16(2,3)22-14(19)7-10(18)13-6-9-12(23-13)8-11(20-4)15(17-9)21-5;1-14-6-4-7-5(11-9(6)15-2)3-8(16-7)10(12)13;2*1-7(2,3)11-6(10)4-5(8)9;1-2;;/h2*6,8H,7H2,1-5H3;3-4H,1-2H3,(H,12,13);2*4H2,1-3H3,(H,8,9);1H3;;/q;;;;;;+2;-1/p-1/i;;;;;1D;;. The number of Topliss-reactive ketones (excluding diaryl/α,β-unsaturated/α-hetero) is 2. The van der Waals surface area contributed by atoms with Gasteiger partial charge in [0.05, 0.1) is 95.5 Å². The molecule has 0 bridgehead atoms. The average Bonchev–Trinajstić information content (AvgIpc) is 2.21. The number of nitrogens with zero attached hydrogens (tertiary/aromatic N) is 3. The molecule has 30 heteroatoms. The van der Waals surface area contributed by atoms with E-state index in [1.807, 2.05) is 22.6 Å². The summed E-state index contributed by atoms with van der Waals surface area (Å²) in [5, 5.41) is 26.9. The van der Waals surface area contributed by atoms with E-state index in [9.17, 15) is 48.3 Å². The minimum atomic E-state index is -1.42. The number of rotatable bonds is 17. The normalized spacial score (nSPS) is 10.9. The van der Waals surface area contributed by atoms with Crippen molar-refractivity contribution in [3.8, 4) is 34.9 Å². The number of halogens is 1. The zero-order chi connectivity index (χ0) is 66.9. The van der Waals surface area contributed by atoms with Crippen LogP contribution in [-0.4, -0.2) is 172 Å². The molecule has 0 aliphatic rings. The van der Waals surface area contributed by atoms with E-state index >= 15 is 0 Å². The van der Waals surface area contributed by atoms with E-state index in [4.69, 9.17) is 54.2 Å². The largest absolute Gasteiger partial charge is 2.00 e. The maximum Gasteiger partial charge on any atom is 2.00 e. The predicted octanol–water partition coefficient (Wildman–Crippen LogP) is 9.52. The Balaban J connectivity index is 0. The number of hydrogen-bond donors (Lipinski definition) is 2. The molecule has 0 radical (unpaired) electrons. The van der Waals surface area contributed by atoms with Crippen LogP contribution < -0.4 is 33.5 Å². The molecule has 0 fully saturated rings. The molecule has 0 aromatic carbocycles. The number of alkyl halides is 1. The molecule has 6 rings (SSSR count). The predicted molar refractivity (Wildman–Crippen MR) is 335 cm³/mol. The van der Waals surface area contributed by atoms with E-state index in [1.54, 1.807) is 113 Å². The summed E-state index contributed by atoms with van der Waals surface area (Å²) in [5.74, 6) is -4.14. The monoisotopic (exact) mass is 1400 g/mol. The van der Waals surface area contributed by atoms with Crippen LogP contribution in [0.25, 0.3) is 30.6 Å². The first-order valence-corrected chi connectivity index (χ1v) is 29.1. The van der Waals surface area contributed by atoms with Gasteiger partial charge in [-0.1, -0.05) is 22.6 Å². The Bertz CT molecular complexity index is 3070. The van der Waals surface area contributed by atoms with E-state index in [0.29, 0.717) is 66.1 Å². The van der Waals surface area contributed by atoms with Crippen molar-refractivity contribution in [3.63, 3.8) is 0 Å². The van der Waals surface area contributed by atoms with E-state index < -0.39 is 77.0 Å². The molecule has 0 spiro atoms. The molecule has 476 valence electrons. The first-order valence-electron chi connectivity index (χ1n) is 25.9. The van der Waals surface area contributed by atoms with Gasteiger partial charge in [-0.25, -0.2) is 19.7 Å². The number of aromatic nitrogens is 3. The molecule has 0 saturated carbocycles. The van der Waals surface area contributed by atoms with Crippen LogP contribution in [0.5, 0.6) is 34.9 Å². The molecule has 0 unspecified atom stereocenters. The van der Waals surface area contributed by atoms with E-state index in [0.717, 1.165) is 25.4 Å². The summed E-state index contributed by atoms with van der Waals surface area (Å²) in [6, 6.07) is 10.1. The zero-order valence-electron chi connectivity index (χ0n) is 53.7. The maximum atomic E-state index is 12.2. The Kier molecular flexibility index (Phi) is 32.9. The molecule has 6 aromatic heterocycles. The molecular formula is C57H74IMgN3O22S3. The van der Waals surface area contributed by atoms with Gasteiger partial charge in [-0.15, -0.1) is 34.0 Å². The molecule has 87 heavy (non-hydrogen) atoms. The second kappa shape index (κ2) is 36.5. The molecule has 0 aliphatic carbocycles. The number of esters is 4. The molecule has 0 amide bonds. The van der Waals surface area contributed by atoms with Crippen molar-refractivity contribution >= 4 is 164 Å². The number of aliphatic carboxylic acids is 2. The van der Waals surface area contributed by atoms with Crippen molar-refractivity contribution in [1.82, 2.24) is 15.0 Å². The summed E-state index contributed by atoms with van der Waals surface area (Å²) in [7, 11) is 9.04. The van der Waals surface area contributed by atoms with Gasteiger partial charge in [-0.3, -0.25) is 33.6 Å². The summed E-state index contributed by atoms with van der Waals surface area (Å²) >= 11 is 5.63. The van der Waals surface area contributed by atoms with Gasteiger partial charge < -0.3 is 68.9 Å². The maximum absolute atomic E-state index is 12.2. The fourth-order valence-corrected chi connectivity index (χ4v) is 9.05. The van der Waals surface area contributed by atoms with E-state index in [2.05, 4.69) is 19.7 Å². The Hall–Kier alpha value is -6.74. The van der Waals surface area contributed by atoms with Crippen LogP contribution in [0.15, 0.2) is 36.4 Å². The Labute approximate surface area is 548 Å². The number of methoxy groups -OCH3 is 6. The number of carboxylic acids is 3. The molecule has 2 N–H and O–H groups in total. The van der Waals surface area contributed by atoms with Crippen LogP contribution in [-0.2, 0) is 47.7 Å². The number of pyridine rings is 3. The van der Waals surface area contributed by atoms with Crippen LogP contribution in [0.3, 0.4) is 0 Å². The van der Waals surface area contributed by atoms with Gasteiger partial charge in [0, 0.05) is 19.6 Å². The molecular weight excluding hydrogens is 1330 g/mol. The Morgan fingerprint density at radius 2 is 0.724 bits per heavy atom. The fraction of sp³-hybridized carbons (Fsp3) is 0.474. The second-order valence-electron chi connectivity index (χ2n) is 21.1. The number of ketones is 2. The van der Waals surface area contributed by atoms with Crippen molar-refractivity contribution in [1.29, 1.82) is 0 Å². The summed E-state index contributed by atoms with van der Waals surface area (Å²) in [5.41, 5.74) is -0.612.